The monoisotopic (exact) mass is 278 g/mol. The highest BCUT2D eigenvalue weighted by Gasteiger charge is 2.10. The van der Waals surface area contributed by atoms with Gasteiger partial charge in [-0.05, 0) is 24.1 Å². The zero-order valence-electron chi connectivity index (χ0n) is 11.8. The number of nitrogens with two attached hydrogens (primary N) is 1. The minimum atomic E-state index is 0.0205. The highest BCUT2D eigenvalue weighted by molar-refractivity contribution is 5.32. The Kier molecular flexibility index (Phi) is 4.07. The summed E-state index contributed by atoms with van der Waals surface area (Å²) in [6.45, 7) is 0. The fraction of sp³-hybridized carbons (Fsp3) is 0.176. The van der Waals surface area contributed by atoms with E-state index in [9.17, 15) is 0 Å². The minimum Gasteiger partial charge on any atom is -0.324 e. The van der Waals surface area contributed by atoms with Gasteiger partial charge in [0.2, 0.25) is 0 Å². The lowest BCUT2D eigenvalue weighted by Crippen LogP contribution is -2.12. The number of hydrogen-bond acceptors (Lipinski definition) is 3. The fourth-order valence-electron chi connectivity index (χ4n) is 2.39. The lowest BCUT2D eigenvalue weighted by molar-refractivity contribution is 0.628. The molecule has 1 aromatic heterocycles. The third-order valence-corrected chi connectivity index (χ3v) is 3.56. The second kappa shape index (κ2) is 6.33. The minimum absolute atomic E-state index is 0.0205. The molecule has 1 unspecified atom stereocenters. The summed E-state index contributed by atoms with van der Waals surface area (Å²) in [6.07, 6.45) is 3.39. The number of nitrogens with zero attached hydrogens (tertiary/aromatic N) is 3. The van der Waals surface area contributed by atoms with Crippen LogP contribution in [0, 0.1) is 0 Å². The van der Waals surface area contributed by atoms with Gasteiger partial charge in [0.05, 0.1) is 0 Å². The average Bonchev–Trinajstić information content (AvgIpc) is 3.03. The Labute approximate surface area is 124 Å². The van der Waals surface area contributed by atoms with Gasteiger partial charge >= 0.3 is 0 Å². The number of benzene rings is 2. The number of rotatable bonds is 5. The molecule has 0 aliphatic rings. The van der Waals surface area contributed by atoms with Crippen molar-refractivity contribution in [2.75, 3.05) is 0 Å². The van der Waals surface area contributed by atoms with Crippen molar-refractivity contribution in [3.8, 4) is 5.69 Å². The van der Waals surface area contributed by atoms with Crippen molar-refractivity contribution in [2.45, 2.75) is 18.9 Å². The summed E-state index contributed by atoms with van der Waals surface area (Å²) in [7, 11) is 0. The molecule has 1 heterocycles. The lowest BCUT2D eigenvalue weighted by Gasteiger charge is -2.12. The van der Waals surface area contributed by atoms with Crippen LogP contribution in [0.4, 0.5) is 0 Å². The van der Waals surface area contributed by atoms with Gasteiger partial charge in [-0.2, -0.15) is 0 Å². The molecule has 3 rings (SSSR count). The first-order valence-corrected chi connectivity index (χ1v) is 7.09. The van der Waals surface area contributed by atoms with Crippen LogP contribution in [-0.2, 0) is 6.42 Å². The molecule has 0 saturated carbocycles. The molecule has 21 heavy (non-hydrogen) atoms. The summed E-state index contributed by atoms with van der Waals surface area (Å²) in [5.41, 5.74) is 8.47. The van der Waals surface area contributed by atoms with Gasteiger partial charge in [0, 0.05) is 18.2 Å². The predicted octanol–water partition coefficient (Wildman–Crippen LogP) is 2.90. The SMILES string of the molecule is NC(CCc1nncn1-c1ccccc1)c1ccccc1. The summed E-state index contributed by atoms with van der Waals surface area (Å²) in [6, 6.07) is 20.3. The Hall–Kier alpha value is -2.46. The van der Waals surface area contributed by atoms with E-state index in [2.05, 4.69) is 22.3 Å². The molecule has 2 N–H and O–H groups in total. The van der Waals surface area contributed by atoms with Gasteiger partial charge in [-0.15, -0.1) is 10.2 Å². The van der Waals surface area contributed by atoms with E-state index in [1.54, 1.807) is 6.33 Å². The smallest absolute Gasteiger partial charge is 0.137 e. The van der Waals surface area contributed by atoms with Crippen LogP contribution in [0.3, 0.4) is 0 Å². The Morgan fingerprint density at radius 3 is 2.33 bits per heavy atom. The molecule has 0 fully saturated rings. The highest BCUT2D eigenvalue weighted by atomic mass is 15.3. The van der Waals surface area contributed by atoms with Crippen LogP contribution in [0.25, 0.3) is 5.69 Å². The second-order valence-corrected chi connectivity index (χ2v) is 5.01. The third-order valence-electron chi connectivity index (χ3n) is 3.56. The van der Waals surface area contributed by atoms with Crippen LogP contribution in [0.15, 0.2) is 67.0 Å². The summed E-state index contributed by atoms with van der Waals surface area (Å²) in [5, 5.41) is 8.24. The summed E-state index contributed by atoms with van der Waals surface area (Å²) < 4.78 is 2.01. The molecule has 3 aromatic rings. The molecule has 1 atom stereocenters. The van der Waals surface area contributed by atoms with E-state index < -0.39 is 0 Å². The van der Waals surface area contributed by atoms with Gasteiger partial charge in [0.1, 0.15) is 12.2 Å². The van der Waals surface area contributed by atoms with Crippen LogP contribution < -0.4 is 5.73 Å². The fourth-order valence-corrected chi connectivity index (χ4v) is 2.39. The molecule has 2 aromatic carbocycles. The van der Waals surface area contributed by atoms with E-state index in [1.165, 1.54) is 0 Å². The first-order chi connectivity index (χ1) is 10.3. The normalized spacial score (nSPS) is 12.2. The zero-order chi connectivity index (χ0) is 14.5. The molecule has 0 bridgehead atoms. The summed E-state index contributed by atoms with van der Waals surface area (Å²) in [4.78, 5) is 0. The van der Waals surface area contributed by atoms with E-state index in [0.717, 1.165) is 29.9 Å². The van der Waals surface area contributed by atoms with Crippen LogP contribution >= 0.6 is 0 Å². The average molecular weight is 278 g/mol. The lowest BCUT2D eigenvalue weighted by atomic mass is 10.0. The van der Waals surface area contributed by atoms with Crippen molar-refractivity contribution in [1.29, 1.82) is 0 Å². The largest absolute Gasteiger partial charge is 0.324 e. The molecule has 0 saturated heterocycles. The van der Waals surface area contributed by atoms with E-state index in [4.69, 9.17) is 5.73 Å². The van der Waals surface area contributed by atoms with Crippen molar-refractivity contribution in [3.63, 3.8) is 0 Å². The zero-order valence-corrected chi connectivity index (χ0v) is 11.8. The molecule has 4 heteroatoms. The Morgan fingerprint density at radius 1 is 0.952 bits per heavy atom. The van der Waals surface area contributed by atoms with Gasteiger partial charge in [0.15, 0.2) is 0 Å². The Balaban J connectivity index is 1.71. The molecule has 0 radical (unpaired) electrons. The van der Waals surface area contributed by atoms with E-state index >= 15 is 0 Å². The Bertz CT molecular complexity index is 676. The van der Waals surface area contributed by atoms with E-state index in [-0.39, 0.29) is 6.04 Å². The molecule has 0 aliphatic carbocycles. The number of aromatic nitrogens is 3. The number of para-hydroxylation sites is 1. The summed E-state index contributed by atoms with van der Waals surface area (Å²) in [5.74, 6) is 0.938. The Morgan fingerprint density at radius 2 is 1.62 bits per heavy atom. The van der Waals surface area contributed by atoms with Gasteiger partial charge in [-0.3, -0.25) is 4.57 Å². The topological polar surface area (TPSA) is 56.7 Å². The second-order valence-electron chi connectivity index (χ2n) is 5.01. The standard InChI is InChI=1S/C17H18N4/c18-16(14-7-3-1-4-8-14)11-12-17-20-19-13-21(17)15-9-5-2-6-10-15/h1-10,13,16H,11-12,18H2. The maximum absolute atomic E-state index is 6.24. The highest BCUT2D eigenvalue weighted by Crippen LogP contribution is 2.17. The van der Waals surface area contributed by atoms with Crippen molar-refractivity contribution in [1.82, 2.24) is 14.8 Å². The van der Waals surface area contributed by atoms with Crippen molar-refractivity contribution < 1.29 is 0 Å². The first kappa shape index (κ1) is 13.5. The molecule has 106 valence electrons. The van der Waals surface area contributed by atoms with Gasteiger partial charge in [-0.1, -0.05) is 48.5 Å². The number of aryl methyl sites for hydroxylation is 1. The van der Waals surface area contributed by atoms with E-state index in [0.29, 0.717) is 0 Å². The van der Waals surface area contributed by atoms with Crippen LogP contribution in [0.1, 0.15) is 23.9 Å². The van der Waals surface area contributed by atoms with Crippen LogP contribution in [-0.4, -0.2) is 14.8 Å². The van der Waals surface area contributed by atoms with E-state index in [1.807, 2.05) is 53.1 Å². The quantitative estimate of drug-likeness (QED) is 0.780. The van der Waals surface area contributed by atoms with Crippen molar-refractivity contribution in [3.05, 3.63) is 78.4 Å². The molecule has 4 nitrogen and oxygen atoms in total. The van der Waals surface area contributed by atoms with Crippen molar-refractivity contribution in [2.24, 2.45) is 5.73 Å². The number of hydrogen-bond donors (Lipinski definition) is 1. The van der Waals surface area contributed by atoms with Crippen LogP contribution in [0.2, 0.25) is 0 Å². The molecule has 0 aliphatic heterocycles. The molecule has 0 spiro atoms. The predicted molar refractivity (Wildman–Crippen MR) is 83.1 cm³/mol. The molecular weight excluding hydrogens is 260 g/mol. The maximum Gasteiger partial charge on any atom is 0.137 e. The molecular formula is C17H18N4. The third kappa shape index (κ3) is 3.17. The van der Waals surface area contributed by atoms with Gasteiger partial charge in [0.25, 0.3) is 0 Å². The van der Waals surface area contributed by atoms with Gasteiger partial charge < -0.3 is 5.73 Å². The first-order valence-electron chi connectivity index (χ1n) is 7.09. The van der Waals surface area contributed by atoms with Crippen LogP contribution in [0.5, 0.6) is 0 Å². The maximum atomic E-state index is 6.24. The summed E-state index contributed by atoms with van der Waals surface area (Å²) >= 11 is 0. The van der Waals surface area contributed by atoms with Gasteiger partial charge in [-0.25, -0.2) is 0 Å². The molecule has 0 amide bonds. The van der Waals surface area contributed by atoms with Crippen molar-refractivity contribution >= 4 is 0 Å².